The number of hydrogen-bond acceptors (Lipinski definition) is 1. The van der Waals surface area contributed by atoms with E-state index in [0.717, 1.165) is 12.1 Å². The third-order valence-corrected chi connectivity index (χ3v) is 2.29. The molecule has 0 amide bonds. The van der Waals surface area contributed by atoms with Gasteiger partial charge in [-0.15, -0.1) is 0 Å². The number of fused-ring (bicyclic) bond motifs is 1. The van der Waals surface area contributed by atoms with E-state index >= 15 is 0 Å². The molecule has 1 nitrogen and oxygen atoms in total. The molecule has 2 aliphatic rings. The Morgan fingerprint density at radius 1 is 1.21 bits per heavy atom. The van der Waals surface area contributed by atoms with E-state index in [0.29, 0.717) is 5.92 Å². The number of hydrogen-bond donors (Lipinski definition) is 0. The van der Waals surface area contributed by atoms with E-state index in [1.165, 1.54) is 11.1 Å². The zero-order valence-corrected chi connectivity index (χ0v) is 8.70. The Morgan fingerprint density at radius 3 is 2.86 bits per heavy atom. The molecule has 0 aromatic heterocycles. The summed E-state index contributed by atoms with van der Waals surface area (Å²) in [6.45, 7) is 4.48. The summed E-state index contributed by atoms with van der Waals surface area (Å²) in [5.74, 6) is 0.709. The van der Waals surface area contributed by atoms with Gasteiger partial charge in [-0.2, -0.15) is 0 Å². The Kier molecular flexibility index (Phi) is 2.49. The summed E-state index contributed by atoms with van der Waals surface area (Å²) in [5, 5.41) is 0. The number of rotatable bonds is 2. The van der Waals surface area contributed by atoms with Gasteiger partial charge in [-0.3, -0.25) is 4.98 Å². The van der Waals surface area contributed by atoms with Crippen LogP contribution in [0.5, 0.6) is 0 Å². The lowest BCUT2D eigenvalue weighted by atomic mass is 10.1. The van der Waals surface area contributed by atoms with Crippen LogP contribution in [0.1, 0.15) is 19.4 Å². The average molecular weight is 185 g/mol. The van der Waals surface area contributed by atoms with Gasteiger partial charge < -0.3 is 0 Å². The van der Waals surface area contributed by atoms with Crippen molar-refractivity contribution < 1.29 is 0 Å². The van der Waals surface area contributed by atoms with Gasteiger partial charge in [0, 0.05) is 11.8 Å². The second-order valence-corrected chi connectivity index (χ2v) is 4.13. The van der Waals surface area contributed by atoms with E-state index in [1.807, 2.05) is 18.3 Å². The minimum absolute atomic E-state index is 0.709. The summed E-state index contributed by atoms with van der Waals surface area (Å²) in [6.07, 6.45) is 2.99. The molecule has 0 saturated carbocycles. The van der Waals surface area contributed by atoms with Crippen molar-refractivity contribution in [2.45, 2.75) is 20.3 Å². The van der Waals surface area contributed by atoms with Gasteiger partial charge in [0.1, 0.15) is 0 Å². The molecule has 1 heteroatoms. The van der Waals surface area contributed by atoms with E-state index in [-0.39, 0.29) is 0 Å². The molecule has 0 aromatic rings. The first-order chi connectivity index (χ1) is 6.75. The van der Waals surface area contributed by atoms with Crippen molar-refractivity contribution >= 4 is 0 Å². The van der Waals surface area contributed by atoms with Crippen LogP contribution in [0.3, 0.4) is 0 Å². The highest BCUT2D eigenvalue weighted by Gasteiger charge is 2.06. The van der Waals surface area contributed by atoms with Crippen LogP contribution in [0.15, 0.2) is 36.5 Å². The summed E-state index contributed by atoms with van der Waals surface area (Å²) in [5.41, 5.74) is 3.74. The minimum Gasteiger partial charge on any atom is -0.256 e. The molecular formula is C13H15N. The predicted molar refractivity (Wildman–Crippen MR) is 59.4 cm³/mol. The summed E-state index contributed by atoms with van der Waals surface area (Å²) < 4.78 is 0. The molecule has 0 atom stereocenters. The van der Waals surface area contributed by atoms with Crippen molar-refractivity contribution in [1.29, 1.82) is 0 Å². The highest BCUT2D eigenvalue weighted by Crippen LogP contribution is 2.24. The lowest BCUT2D eigenvalue weighted by molar-refractivity contribution is 0.648. The Hall–Kier alpha value is -1.37. The highest BCUT2D eigenvalue weighted by atomic mass is 14.7. The van der Waals surface area contributed by atoms with Gasteiger partial charge in [0.25, 0.3) is 0 Å². The molecule has 0 radical (unpaired) electrons. The third-order valence-electron chi connectivity index (χ3n) is 2.29. The van der Waals surface area contributed by atoms with Gasteiger partial charge in [-0.05, 0) is 36.1 Å². The molecule has 1 aliphatic heterocycles. The Labute approximate surface area is 85.1 Å². The van der Waals surface area contributed by atoms with Crippen LogP contribution < -0.4 is 0 Å². The highest BCUT2D eigenvalue weighted by molar-refractivity contribution is 5.63. The topological polar surface area (TPSA) is 12.9 Å². The quantitative estimate of drug-likeness (QED) is 0.699. The predicted octanol–water partition coefficient (Wildman–Crippen LogP) is 3.38. The lowest BCUT2D eigenvalue weighted by Gasteiger charge is -1.99. The smallest absolute Gasteiger partial charge is 0.0704 e. The molecule has 0 spiro atoms. The summed E-state index contributed by atoms with van der Waals surface area (Å²) >= 11 is 0. The van der Waals surface area contributed by atoms with Crippen molar-refractivity contribution in [1.82, 2.24) is 4.98 Å². The monoisotopic (exact) mass is 185 g/mol. The van der Waals surface area contributed by atoms with Crippen molar-refractivity contribution in [2.75, 3.05) is 0 Å². The van der Waals surface area contributed by atoms with Crippen molar-refractivity contribution in [2.24, 2.45) is 5.92 Å². The van der Waals surface area contributed by atoms with E-state index in [2.05, 4.69) is 37.0 Å². The maximum Gasteiger partial charge on any atom is 0.0704 e. The Morgan fingerprint density at radius 2 is 2.07 bits per heavy atom. The second-order valence-electron chi connectivity index (χ2n) is 4.13. The molecule has 0 aromatic carbocycles. The zero-order valence-electron chi connectivity index (χ0n) is 8.70. The van der Waals surface area contributed by atoms with Gasteiger partial charge in [0.15, 0.2) is 0 Å². The summed E-state index contributed by atoms with van der Waals surface area (Å²) in [6, 6.07) is 10.5. The largest absolute Gasteiger partial charge is 0.256 e. The minimum atomic E-state index is 0.709. The molecule has 1 aliphatic carbocycles. The lowest BCUT2D eigenvalue weighted by Crippen LogP contribution is -1.90. The third kappa shape index (κ3) is 1.92. The van der Waals surface area contributed by atoms with Crippen LogP contribution in [0.2, 0.25) is 0 Å². The first kappa shape index (κ1) is 9.20. The van der Waals surface area contributed by atoms with Crippen molar-refractivity contribution in [3.63, 3.8) is 0 Å². The second kappa shape index (κ2) is 3.79. The van der Waals surface area contributed by atoms with Crippen LogP contribution in [0.25, 0.3) is 11.3 Å². The van der Waals surface area contributed by atoms with Gasteiger partial charge in [-0.1, -0.05) is 26.0 Å². The van der Waals surface area contributed by atoms with Crippen molar-refractivity contribution in [3.05, 3.63) is 42.1 Å². The van der Waals surface area contributed by atoms with Crippen LogP contribution in [-0.4, -0.2) is 4.98 Å². The van der Waals surface area contributed by atoms with Gasteiger partial charge in [0.2, 0.25) is 0 Å². The fraction of sp³-hybridized carbons (Fsp3) is 0.308. The SMILES string of the molecule is CC(C)Cc1cc2ccccnc-2c1. The van der Waals surface area contributed by atoms with E-state index in [4.69, 9.17) is 0 Å². The molecule has 72 valence electrons. The normalized spacial score (nSPS) is 11.1. The maximum atomic E-state index is 4.37. The molecule has 0 fully saturated rings. The Balaban J connectivity index is 2.38. The van der Waals surface area contributed by atoms with E-state index in [9.17, 15) is 0 Å². The van der Waals surface area contributed by atoms with Gasteiger partial charge in [-0.25, -0.2) is 0 Å². The standard InChI is InChI=1S/C13H15N/c1-10(2)7-11-8-12-5-3-4-6-14-13(12)9-11/h3-6,8-10H,7H2,1-2H3. The molecule has 0 saturated heterocycles. The zero-order chi connectivity index (χ0) is 9.97. The fourth-order valence-corrected chi connectivity index (χ4v) is 1.74. The van der Waals surface area contributed by atoms with Crippen LogP contribution in [-0.2, 0) is 6.42 Å². The molecule has 0 unspecified atom stereocenters. The van der Waals surface area contributed by atoms with E-state index in [1.54, 1.807) is 0 Å². The number of nitrogens with zero attached hydrogens (tertiary/aromatic N) is 1. The number of aromatic nitrogens is 1. The molecule has 14 heavy (non-hydrogen) atoms. The van der Waals surface area contributed by atoms with E-state index < -0.39 is 0 Å². The van der Waals surface area contributed by atoms with Gasteiger partial charge >= 0.3 is 0 Å². The maximum absolute atomic E-state index is 4.37. The average Bonchev–Trinajstić information content (AvgIpc) is 2.34. The summed E-state index contributed by atoms with van der Waals surface area (Å²) in [4.78, 5) is 4.37. The van der Waals surface area contributed by atoms with Crippen LogP contribution in [0.4, 0.5) is 0 Å². The molecule has 0 N–H and O–H groups in total. The first-order valence-electron chi connectivity index (χ1n) is 5.09. The molecule has 0 bridgehead atoms. The summed E-state index contributed by atoms with van der Waals surface area (Å²) in [7, 11) is 0. The fourth-order valence-electron chi connectivity index (χ4n) is 1.74. The molecule has 2 rings (SSSR count). The Bertz CT molecular complexity index is 362. The van der Waals surface area contributed by atoms with Crippen LogP contribution in [0, 0.1) is 5.92 Å². The molecular weight excluding hydrogens is 170 g/mol. The van der Waals surface area contributed by atoms with Gasteiger partial charge in [0.05, 0.1) is 5.69 Å². The van der Waals surface area contributed by atoms with Crippen molar-refractivity contribution in [3.8, 4) is 11.3 Å². The first-order valence-corrected chi connectivity index (χ1v) is 5.09. The molecule has 1 heterocycles. The van der Waals surface area contributed by atoms with Crippen LogP contribution >= 0.6 is 0 Å².